The standard InChI is InChI=1S/C27H43N3O3S.C26H39N3O2S/c1-27(2,3)33-26(32)28-13-7-14-29-16-11-21(12-17-29)24-18-22(19-34-24)25(31)30-15-6-9-20-8-4-5-10-23(20)30;30-25-9-4-13-28(25)14-5-12-27-16-10-21(11-17-27)24-18-22(19-32-24)26(31)29-15-3-7-20-6-1-2-8-23(20)29/h18-21,23H,4-17H2,1-3H3,(H,28,32);18-21,23H,1-17H2. The summed E-state index contributed by atoms with van der Waals surface area (Å²) >= 11 is 3.58. The highest BCUT2D eigenvalue weighted by Gasteiger charge is 2.38. The van der Waals surface area contributed by atoms with Gasteiger partial charge in [0.2, 0.25) is 5.91 Å². The van der Waals surface area contributed by atoms with Gasteiger partial charge < -0.3 is 34.6 Å². The van der Waals surface area contributed by atoms with E-state index in [1.807, 2.05) is 25.7 Å². The molecule has 2 aliphatic carbocycles. The minimum absolute atomic E-state index is 0.272. The molecule has 9 rings (SSSR count). The van der Waals surface area contributed by atoms with E-state index >= 15 is 0 Å². The molecule has 11 nitrogen and oxygen atoms in total. The first-order valence-electron chi connectivity index (χ1n) is 26.5. The molecule has 4 amide bonds. The van der Waals surface area contributed by atoms with Crippen LogP contribution in [0.25, 0.3) is 0 Å². The maximum atomic E-state index is 13.4. The van der Waals surface area contributed by atoms with Gasteiger partial charge in [-0.05, 0) is 192 Å². The predicted octanol–water partition coefficient (Wildman–Crippen LogP) is 10.4. The van der Waals surface area contributed by atoms with Crippen LogP contribution in [0.2, 0.25) is 0 Å². The Kier molecular flexibility index (Phi) is 17.6. The fourth-order valence-electron chi connectivity index (χ4n) is 12.6. The second-order valence-electron chi connectivity index (χ2n) is 21.8. The van der Waals surface area contributed by atoms with Gasteiger partial charge in [0.1, 0.15) is 5.60 Å². The molecule has 2 saturated carbocycles. The molecule has 366 valence electrons. The third kappa shape index (κ3) is 13.2. The van der Waals surface area contributed by atoms with Gasteiger partial charge in [-0.25, -0.2) is 4.79 Å². The van der Waals surface area contributed by atoms with Gasteiger partial charge in [0.05, 0.1) is 11.1 Å². The molecule has 4 unspecified atom stereocenters. The number of nitrogens with one attached hydrogen (secondary N) is 1. The van der Waals surface area contributed by atoms with Gasteiger partial charge in [0.15, 0.2) is 0 Å². The van der Waals surface area contributed by atoms with Crippen molar-refractivity contribution in [1.82, 2.24) is 29.8 Å². The number of hydrogen-bond acceptors (Lipinski definition) is 9. The monoisotopic (exact) mass is 947 g/mol. The second kappa shape index (κ2) is 23.5. The maximum Gasteiger partial charge on any atom is 0.407 e. The Hall–Kier alpha value is -3.00. The minimum Gasteiger partial charge on any atom is -0.444 e. The van der Waals surface area contributed by atoms with Crippen LogP contribution in [0, 0.1) is 11.8 Å². The Morgan fingerprint density at radius 1 is 0.606 bits per heavy atom. The van der Waals surface area contributed by atoms with E-state index in [0.29, 0.717) is 36.4 Å². The highest BCUT2D eigenvalue weighted by Crippen LogP contribution is 2.40. The zero-order valence-electron chi connectivity index (χ0n) is 40.8. The first-order valence-corrected chi connectivity index (χ1v) is 28.2. The third-order valence-electron chi connectivity index (χ3n) is 16.1. The molecule has 7 aliphatic rings. The number of carbonyl (C=O) groups is 4. The lowest BCUT2D eigenvalue weighted by Crippen LogP contribution is -2.49. The van der Waals surface area contributed by atoms with Gasteiger partial charge in [0.25, 0.3) is 11.8 Å². The Morgan fingerprint density at radius 2 is 1.09 bits per heavy atom. The molecule has 5 saturated heterocycles. The number of hydrogen-bond donors (Lipinski definition) is 1. The van der Waals surface area contributed by atoms with Gasteiger partial charge in [-0.1, -0.05) is 25.7 Å². The molecule has 2 aromatic heterocycles. The molecule has 13 heteroatoms. The first-order chi connectivity index (χ1) is 32.0. The highest BCUT2D eigenvalue weighted by atomic mass is 32.1. The second-order valence-corrected chi connectivity index (χ2v) is 23.7. The van der Waals surface area contributed by atoms with Crippen LogP contribution >= 0.6 is 22.7 Å². The van der Waals surface area contributed by atoms with Crippen LogP contribution in [-0.4, -0.2) is 138 Å². The Morgan fingerprint density at radius 3 is 1.58 bits per heavy atom. The Balaban J connectivity index is 0.000000180. The lowest BCUT2D eigenvalue weighted by Gasteiger charge is -2.44. The Labute approximate surface area is 404 Å². The van der Waals surface area contributed by atoms with Gasteiger partial charge >= 0.3 is 6.09 Å². The fourth-order valence-corrected chi connectivity index (χ4v) is 14.7. The molecule has 0 bridgehead atoms. The van der Waals surface area contributed by atoms with E-state index in [9.17, 15) is 19.2 Å². The summed E-state index contributed by atoms with van der Waals surface area (Å²) in [5.74, 6) is 3.54. The van der Waals surface area contributed by atoms with Crippen LogP contribution in [0.4, 0.5) is 4.79 Å². The molecule has 66 heavy (non-hydrogen) atoms. The predicted molar refractivity (Wildman–Crippen MR) is 267 cm³/mol. The van der Waals surface area contributed by atoms with E-state index in [1.165, 1.54) is 93.2 Å². The van der Waals surface area contributed by atoms with Crippen molar-refractivity contribution in [3.63, 3.8) is 0 Å². The first kappa shape index (κ1) is 49.4. The van der Waals surface area contributed by atoms with Gasteiger partial charge in [0, 0.05) is 71.7 Å². The van der Waals surface area contributed by atoms with Crippen LogP contribution in [0.3, 0.4) is 0 Å². The van der Waals surface area contributed by atoms with Crippen LogP contribution < -0.4 is 5.32 Å². The lowest BCUT2D eigenvalue weighted by molar-refractivity contribution is -0.127. The number of piperidine rings is 4. The molecule has 7 fully saturated rings. The van der Waals surface area contributed by atoms with Crippen molar-refractivity contribution < 1.29 is 23.9 Å². The van der Waals surface area contributed by atoms with Gasteiger partial charge in [-0.3, -0.25) is 14.4 Å². The van der Waals surface area contributed by atoms with Crippen molar-refractivity contribution in [2.75, 3.05) is 72.0 Å². The number of fused-ring (bicyclic) bond motifs is 2. The summed E-state index contributed by atoms with van der Waals surface area (Å²) < 4.78 is 5.29. The summed E-state index contributed by atoms with van der Waals surface area (Å²) in [6.07, 6.45) is 23.3. The van der Waals surface area contributed by atoms with Gasteiger partial charge in [-0.15, -0.1) is 22.7 Å². The molecular formula is C53H82N6O5S2. The molecule has 2 aromatic rings. The number of thiophene rings is 2. The molecular weight excluding hydrogens is 865 g/mol. The quantitative estimate of drug-likeness (QED) is 0.211. The summed E-state index contributed by atoms with van der Waals surface area (Å²) in [7, 11) is 0. The maximum absolute atomic E-state index is 13.4. The molecule has 0 spiro atoms. The van der Waals surface area contributed by atoms with Crippen molar-refractivity contribution in [3.05, 3.63) is 43.8 Å². The zero-order chi connectivity index (χ0) is 46.0. The van der Waals surface area contributed by atoms with Crippen molar-refractivity contribution in [2.24, 2.45) is 11.8 Å². The topological polar surface area (TPSA) is 106 Å². The third-order valence-corrected chi connectivity index (χ3v) is 18.3. The van der Waals surface area contributed by atoms with Crippen LogP contribution in [-0.2, 0) is 9.53 Å². The number of carbonyl (C=O) groups excluding carboxylic acids is 4. The van der Waals surface area contributed by atoms with Crippen molar-refractivity contribution >= 4 is 46.5 Å². The minimum atomic E-state index is -0.454. The van der Waals surface area contributed by atoms with E-state index < -0.39 is 5.60 Å². The molecule has 1 N–H and O–H groups in total. The number of alkyl carbamates (subject to hydrolysis) is 1. The fraction of sp³-hybridized carbons (Fsp3) is 0.774. The molecule has 4 atom stereocenters. The average molecular weight is 947 g/mol. The van der Waals surface area contributed by atoms with E-state index in [4.69, 9.17) is 4.74 Å². The number of likely N-dealkylation sites (tertiary alicyclic amines) is 5. The largest absolute Gasteiger partial charge is 0.444 e. The SMILES string of the molecule is CC(C)(C)OC(=O)NCCCN1CCC(c2cc(C(=O)N3CCCC4CCCCC43)cs2)CC1.O=C1CCCN1CCCN1CCC(c2cc(C(=O)N3CCCC4CCCCC43)cs2)CC1. The number of nitrogens with zero attached hydrogens (tertiary/aromatic N) is 5. The van der Waals surface area contributed by atoms with E-state index in [2.05, 4.69) is 47.8 Å². The molecule has 0 aromatic carbocycles. The van der Waals surface area contributed by atoms with Crippen LogP contribution in [0.1, 0.15) is 191 Å². The van der Waals surface area contributed by atoms with E-state index in [0.717, 1.165) is 133 Å². The van der Waals surface area contributed by atoms with E-state index in [-0.39, 0.29) is 17.9 Å². The molecule has 5 aliphatic heterocycles. The zero-order valence-corrected chi connectivity index (χ0v) is 42.4. The van der Waals surface area contributed by atoms with Crippen molar-refractivity contribution in [3.8, 4) is 0 Å². The van der Waals surface area contributed by atoms with E-state index in [1.54, 1.807) is 22.7 Å². The highest BCUT2D eigenvalue weighted by molar-refractivity contribution is 7.10. The number of amides is 4. The number of ether oxygens (including phenoxy) is 1. The summed E-state index contributed by atoms with van der Waals surface area (Å²) in [5.41, 5.74) is 1.40. The summed E-state index contributed by atoms with van der Waals surface area (Å²) in [5, 5.41) is 7.09. The van der Waals surface area contributed by atoms with Crippen LogP contribution in [0.15, 0.2) is 22.9 Å². The summed E-state index contributed by atoms with van der Waals surface area (Å²) in [6, 6.07) is 5.39. The normalized spacial score (nSPS) is 26.0. The smallest absolute Gasteiger partial charge is 0.407 e. The number of rotatable bonds is 12. The van der Waals surface area contributed by atoms with Crippen molar-refractivity contribution in [2.45, 2.75) is 179 Å². The summed E-state index contributed by atoms with van der Waals surface area (Å²) in [6.45, 7) is 16.6. The molecule has 0 radical (unpaired) electrons. The summed E-state index contributed by atoms with van der Waals surface area (Å²) in [4.78, 5) is 64.6. The lowest BCUT2D eigenvalue weighted by atomic mass is 9.78. The van der Waals surface area contributed by atoms with Crippen LogP contribution in [0.5, 0.6) is 0 Å². The molecule has 7 heterocycles. The van der Waals surface area contributed by atoms with Crippen molar-refractivity contribution in [1.29, 1.82) is 0 Å². The van der Waals surface area contributed by atoms with Gasteiger partial charge in [-0.2, -0.15) is 0 Å². The average Bonchev–Trinajstić information content (AvgIpc) is 4.12. The Bertz CT molecular complexity index is 1890.